The summed E-state index contributed by atoms with van der Waals surface area (Å²) in [6, 6.07) is 17.3. The van der Waals surface area contributed by atoms with Crippen molar-refractivity contribution in [3.8, 4) is 17.6 Å². The first kappa shape index (κ1) is 23.7. The van der Waals surface area contributed by atoms with E-state index in [2.05, 4.69) is 16.4 Å². The maximum absolute atomic E-state index is 14.8. The zero-order valence-electron chi connectivity index (χ0n) is 19.1. The molecule has 3 N–H and O–H groups in total. The van der Waals surface area contributed by atoms with Crippen molar-refractivity contribution < 1.29 is 18.6 Å². The van der Waals surface area contributed by atoms with E-state index in [9.17, 15) is 9.65 Å². The standard InChI is InChI=1S/C27H22ClFN4O3/c28-18-3-1-2-16(8-18)14-35-25-5-4-19(9-22(25)29)33-27-17(12-30)13-32-24-11-26(23(31)10-21(24)27)36-20-6-7-34-15-20/h1-5,8-11,13,20H,6-7,14-15,31H2,(H,32,33). The van der Waals surface area contributed by atoms with Crippen LogP contribution in [0, 0.1) is 17.1 Å². The second-order valence-corrected chi connectivity index (χ2v) is 8.79. The number of nitrogen functional groups attached to an aromatic ring is 1. The van der Waals surface area contributed by atoms with E-state index in [-0.39, 0.29) is 18.5 Å². The third-order valence-electron chi connectivity index (χ3n) is 5.79. The molecule has 0 saturated carbocycles. The van der Waals surface area contributed by atoms with Crippen LogP contribution in [-0.2, 0) is 11.3 Å². The number of benzene rings is 3. The first-order chi connectivity index (χ1) is 17.5. The Morgan fingerprint density at radius 1 is 1.19 bits per heavy atom. The Bertz CT molecular complexity index is 1470. The lowest BCUT2D eigenvalue weighted by atomic mass is 10.1. The highest BCUT2D eigenvalue weighted by molar-refractivity contribution is 6.30. The number of nitrogens with one attached hydrogen (secondary N) is 1. The predicted molar refractivity (Wildman–Crippen MR) is 136 cm³/mol. The zero-order valence-corrected chi connectivity index (χ0v) is 19.9. The summed E-state index contributed by atoms with van der Waals surface area (Å²) in [4.78, 5) is 4.39. The molecule has 1 aromatic heterocycles. The summed E-state index contributed by atoms with van der Waals surface area (Å²) in [5.74, 6) is 0.0591. The van der Waals surface area contributed by atoms with Crippen LogP contribution in [0.5, 0.6) is 11.5 Å². The van der Waals surface area contributed by atoms with Crippen LogP contribution in [-0.4, -0.2) is 24.3 Å². The number of hydrogen-bond donors (Lipinski definition) is 2. The van der Waals surface area contributed by atoms with Gasteiger partial charge in [0.05, 0.1) is 35.7 Å². The summed E-state index contributed by atoms with van der Waals surface area (Å²) in [5.41, 5.74) is 9.28. The summed E-state index contributed by atoms with van der Waals surface area (Å²) in [5, 5.41) is 14.0. The molecule has 0 aliphatic carbocycles. The van der Waals surface area contributed by atoms with Gasteiger partial charge in [-0.15, -0.1) is 0 Å². The number of nitriles is 1. The predicted octanol–water partition coefficient (Wildman–Crippen LogP) is 5.97. The second-order valence-electron chi connectivity index (χ2n) is 8.36. The molecule has 36 heavy (non-hydrogen) atoms. The van der Waals surface area contributed by atoms with E-state index in [1.54, 1.807) is 36.4 Å². The lowest BCUT2D eigenvalue weighted by molar-refractivity contribution is 0.142. The smallest absolute Gasteiger partial charge is 0.167 e. The van der Waals surface area contributed by atoms with Crippen LogP contribution in [0.3, 0.4) is 0 Å². The summed E-state index contributed by atoms with van der Waals surface area (Å²) in [6.07, 6.45) is 2.18. The monoisotopic (exact) mass is 504 g/mol. The molecule has 0 radical (unpaired) electrons. The van der Waals surface area contributed by atoms with Gasteiger partial charge in [0, 0.05) is 40.8 Å². The molecule has 1 saturated heterocycles. The van der Waals surface area contributed by atoms with Gasteiger partial charge < -0.3 is 25.3 Å². The molecule has 9 heteroatoms. The Morgan fingerprint density at radius 3 is 2.83 bits per heavy atom. The van der Waals surface area contributed by atoms with Gasteiger partial charge in [0.15, 0.2) is 11.6 Å². The van der Waals surface area contributed by atoms with Gasteiger partial charge >= 0.3 is 0 Å². The molecule has 1 aliphatic rings. The van der Waals surface area contributed by atoms with Crippen molar-refractivity contribution in [2.45, 2.75) is 19.1 Å². The number of aromatic nitrogens is 1. The van der Waals surface area contributed by atoms with E-state index < -0.39 is 5.82 Å². The third-order valence-corrected chi connectivity index (χ3v) is 6.02. The number of nitrogens with zero attached hydrogens (tertiary/aromatic N) is 2. The Hall–Kier alpha value is -4.06. The van der Waals surface area contributed by atoms with Crippen molar-refractivity contribution in [1.82, 2.24) is 4.98 Å². The van der Waals surface area contributed by atoms with Gasteiger partial charge in [0.25, 0.3) is 0 Å². The van der Waals surface area contributed by atoms with Crippen molar-refractivity contribution in [2.75, 3.05) is 24.3 Å². The largest absolute Gasteiger partial charge is 0.486 e. The van der Waals surface area contributed by atoms with Crippen LogP contribution < -0.4 is 20.5 Å². The lowest BCUT2D eigenvalue weighted by Crippen LogP contribution is -2.16. The molecule has 0 amide bonds. The van der Waals surface area contributed by atoms with Gasteiger partial charge in [-0.3, -0.25) is 4.98 Å². The molecule has 1 fully saturated rings. The van der Waals surface area contributed by atoms with Crippen molar-refractivity contribution in [1.29, 1.82) is 5.26 Å². The van der Waals surface area contributed by atoms with Crippen LogP contribution in [0.2, 0.25) is 5.02 Å². The van der Waals surface area contributed by atoms with Crippen molar-refractivity contribution in [3.05, 3.63) is 82.8 Å². The quantitative estimate of drug-likeness (QED) is 0.299. The number of rotatable bonds is 7. The molecule has 1 aliphatic heterocycles. The Kier molecular flexibility index (Phi) is 6.76. The third kappa shape index (κ3) is 5.13. The second kappa shape index (κ2) is 10.3. The van der Waals surface area contributed by atoms with Gasteiger partial charge in [0.1, 0.15) is 24.5 Å². The minimum Gasteiger partial charge on any atom is -0.486 e. The maximum Gasteiger partial charge on any atom is 0.167 e. The van der Waals surface area contributed by atoms with Crippen LogP contribution in [0.1, 0.15) is 17.5 Å². The molecular weight excluding hydrogens is 483 g/mol. The molecule has 182 valence electrons. The van der Waals surface area contributed by atoms with Crippen LogP contribution in [0.15, 0.2) is 60.8 Å². The average molecular weight is 505 g/mol. The van der Waals surface area contributed by atoms with Gasteiger partial charge in [-0.25, -0.2) is 4.39 Å². The van der Waals surface area contributed by atoms with Gasteiger partial charge in [-0.2, -0.15) is 5.26 Å². The average Bonchev–Trinajstić information content (AvgIpc) is 3.38. The Morgan fingerprint density at radius 2 is 2.08 bits per heavy atom. The molecular formula is C27H22ClFN4O3. The molecule has 5 rings (SSSR count). The summed E-state index contributed by atoms with van der Waals surface area (Å²) in [6.45, 7) is 1.33. The first-order valence-electron chi connectivity index (χ1n) is 11.3. The molecule has 2 heterocycles. The lowest BCUT2D eigenvalue weighted by Gasteiger charge is -2.17. The highest BCUT2D eigenvalue weighted by Gasteiger charge is 2.20. The fourth-order valence-electron chi connectivity index (χ4n) is 3.97. The minimum atomic E-state index is -0.548. The van der Waals surface area contributed by atoms with E-state index in [4.69, 9.17) is 31.5 Å². The summed E-state index contributed by atoms with van der Waals surface area (Å²) < 4.78 is 31.8. The van der Waals surface area contributed by atoms with E-state index in [0.29, 0.717) is 57.5 Å². The number of nitrogens with two attached hydrogens (primary N) is 1. The number of anilines is 3. The number of fused-ring (bicyclic) bond motifs is 1. The highest BCUT2D eigenvalue weighted by atomic mass is 35.5. The van der Waals surface area contributed by atoms with Gasteiger partial charge in [-0.05, 0) is 35.9 Å². The highest BCUT2D eigenvalue weighted by Crippen LogP contribution is 2.36. The van der Waals surface area contributed by atoms with Crippen molar-refractivity contribution in [2.24, 2.45) is 0 Å². The topological polar surface area (TPSA) is 102 Å². The molecule has 1 atom stereocenters. The first-order valence-corrected chi connectivity index (χ1v) is 11.7. The van der Waals surface area contributed by atoms with E-state index in [0.717, 1.165) is 12.0 Å². The number of pyridine rings is 1. The Balaban J connectivity index is 1.40. The molecule has 0 bridgehead atoms. The van der Waals surface area contributed by atoms with Crippen molar-refractivity contribution in [3.63, 3.8) is 0 Å². The van der Waals surface area contributed by atoms with Gasteiger partial charge in [-0.1, -0.05) is 23.7 Å². The van der Waals surface area contributed by atoms with E-state index in [1.165, 1.54) is 18.3 Å². The normalized spacial score (nSPS) is 15.0. The maximum atomic E-state index is 14.8. The molecule has 4 aromatic rings. The molecule has 1 unspecified atom stereocenters. The molecule has 3 aromatic carbocycles. The number of halogens is 2. The van der Waals surface area contributed by atoms with E-state index in [1.807, 2.05) is 6.07 Å². The van der Waals surface area contributed by atoms with Crippen LogP contribution in [0.4, 0.5) is 21.5 Å². The minimum absolute atomic E-state index is 0.0664. The fraction of sp³-hybridized carbons (Fsp3) is 0.185. The number of hydrogen-bond acceptors (Lipinski definition) is 7. The van der Waals surface area contributed by atoms with Crippen molar-refractivity contribution >= 4 is 39.6 Å². The number of ether oxygens (including phenoxy) is 3. The van der Waals surface area contributed by atoms with Crippen LogP contribution in [0.25, 0.3) is 10.9 Å². The Labute approximate surface area is 212 Å². The zero-order chi connectivity index (χ0) is 25.1. The van der Waals surface area contributed by atoms with Crippen LogP contribution >= 0.6 is 11.6 Å². The summed E-state index contributed by atoms with van der Waals surface area (Å²) in [7, 11) is 0. The van der Waals surface area contributed by atoms with E-state index >= 15 is 0 Å². The summed E-state index contributed by atoms with van der Waals surface area (Å²) >= 11 is 5.99. The molecule has 0 spiro atoms. The van der Waals surface area contributed by atoms with Gasteiger partial charge in [0.2, 0.25) is 0 Å². The SMILES string of the molecule is N#Cc1cnc2cc(OC3CCOC3)c(N)cc2c1Nc1ccc(OCc2cccc(Cl)c2)c(F)c1. The fourth-order valence-corrected chi connectivity index (χ4v) is 4.18. The molecule has 7 nitrogen and oxygen atoms in total.